The van der Waals surface area contributed by atoms with Gasteiger partial charge in [-0.3, -0.25) is 4.79 Å². The van der Waals surface area contributed by atoms with Crippen LogP contribution in [0.15, 0.2) is 18.3 Å². The van der Waals surface area contributed by atoms with Crippen LogP contribution < -0.4 is 5.32 Å². The Morgan fingerprint density at radius 2 is 2.32 bits per heavy atom. The van der Waals surface area contributed by atoms with Gasteiger partial charge in [-0.05, 0) is 26.0 Å². The van der Waals surface area contributed by atoms with Gasteiger partial charge in [-0.1, -0.05) is 11.8 Å². The van der Waals surface area contributed by atoms with E-state index in [1.54, 1.807) is 19.2 Å². The van der Waals surface area contributed by atoms with Crippen LogP contribution in [0, 0.1) is 11.8 Å². The Hall–Kier alpha value is -1.90. The van der Waals surface area contributed by atoms with Crippen LogP contribution in [0.2, 0.25) is 0 Å². The fourth-order valence-corrected chi connectivity index (χ4v) is 1.27. The second-order valence-electron chi connectivity index (χ2n) is 4.51. The molecular weight excluding hydrogens is 244 g/mol. The fourth-order valence-electron chi connectivity index (χ4n) is 1.27. The van der Waals surface area contributed by atoms with E-state index in [4.69, 9.17) is 9.84 Å². The number of hydrogen-bond donors (Lipinski definition) is 2. The number of nitrogens with one attached hydrogen (secondary N) is 1. The first kappa shape index (κ1) is 15.2. The van der Waals surface area contributed by atoms with Crippen molar-refractivity contribution in [2.75, 3.05) is 20.3 Å². The van der Waals surface area contributed by atoms with E-state index in [1.165, 1.54) is 6.20 Å². The van der Waals surface area contributed by atoms with Crippen LogP contribution >= 0.6 is 0 Å². The molecule has 0 aliphatic carbocycles. The van der Waals surface area contributed by atoms with E-state index < -0.39 is 5.60 Å². The molecule has 0 saturated heterocycles. The summed E-state index contributed by atoms with van der Waals surface area (Å²) in [7, 11) is 1.59. The van der Waals surface area contributed by atoms with Gasteiger partial charge >= 0.3 is 0 Å². The second kappa shape index (κ2) is 6.88. The van der Waals surface area contributed by atoms with Gasteiger partial charge in [0, 0.05) is 19.9 Å². The molecule has 0 spiro atoms. The van der Waals surface area contributed by atoms with Gasteiger partial charge in [-0.15, -0.1) is 0 Å². The topological polar surface area (TPSA) is 71.5 Å². The number of amides is 1. The lowest BCUT2D eigenvalue weighted by atomic mass is 10.1. The molecule has 0 atom stereocenters. The van der Waals surface area contributed by atoms with Crippen molar-refractivity contribution < 1.29 is 14.6 Å². The molecule has 0 bridgehead atoms. The van der Waals surface area contributed by atoms with Crippen molar-refractivity contribution in [3.05, 3.63) is 29.6 Å². The van der Waals surface area contributed by atoms with Crippen LogP contribution in [0.1, 0.15) is 29.9 Å². The summed E-state index contributed by atoms with van der Waals surface area (Å²) in [5.74, 6) is 4.89. The molecule has 1 heterocycles. The van der Waals surface area contributed by atoms with Crippen LogP contribution in [0.5, 0.6) is 0 Å². The van der Waals surface area contributed by atoms with E-state index in [0.717, 1.165) is 0 Å². The van der Waals surface area contributed by atoms with Crippen LogP contribution in [-0.2, 0) is 4.74 Å². The summed E-state index contributed by atoms with van der Waals surface area (Å²) in [5.41, 5.74) is 0.293. The zero-order chi connectivity index (χ0) is 14.3. The van der Waals surface area contributed by atoms with Gasteiger partial charge < -0.3 is 15.2 Å². The highest BCUT2D eigenvalue weighted by atomic mass is 16.5. The van der Waals surface area contributed by atoms with Gasteiger partial charge in [0.1, 0.15) is 12.3 Å². The highest BCUT2D eigenvalue weighted by Gasteiger charge is 2.19. The van der Waals surface area contributed by atoms with Gasteiger partial charge in [0.2, 0.25) is 0 Å². The maximum atomic E-state index is 12.0. The number of aliphatic hydroxyl groups excluding tert-OH is 1. The zero-order valence-electron chi connectivity index (χ0n) is 11.4. The summed E-state index contributed by atoms with van der Waals surface area (Å²) >= 11 is 0. The molecule has 0 aliphatic rings. The highest BCUT2D eigenvalue weighted by Crippen LogP contribution is 2.07. The zero-order valence-corrected chi connectivity index (χ0v) is 11.4. The van der Waals surface area contributed by atoms with E-state index >= 15 is 0 Å². The quantitative estimate of drug-likeness (QED) is 0.779. The fraction of sp³-hybridized carbons (Fsp3) is 0.429. The molecule has 5 heteroatoms. The Kier molecular flexibility index (Phi) is 5.49. The Bertz CT molecular complexity index is 501. The van der Waals surface area contributed by atoms with Crippen molar-refractivity contribution in [2.24, 2.45) is 0 Å². The lowest BCUT2D eigenvalue weighted by molar-refractivity contribution is 0.0228. The average Bonchev–Trinajstić information content (AvgIpc) is 2.43. The van der Waals surface area contributed by atoms with E-state index in [0.29, 0.717) is 12.1 Å². The molecule has 0 radical (unpaired) electrons. The average molecular weight is 262 g/mol. The highest BCUT2D eigenvalue weighted by molar-refractivity contribution is 5.94. The molecule has 2 N–H and O–H groups in total. The summed E-state index contributed by atoms with van der Waals surface area (Å²) in [6.45, 7) is 3.86. The van der Waals surface area contributed by atoms with Gasteiger partial charge in [0.05, 0.1) is 11.2 Å². The first-order valence-electron chi connectivity index (χ1n) is 5.88. The van der Waals surface area contributed by atoms with E-state index in [2.05, 4.69) is 22.1 Å². The summed E-state index contributed by atoms with van der Waals surface area (Å²) in [6, 6.07) is 3.38. The molecule has 1 aromatic rings. The van der Waals surface area contributed by atoms with E-state index in [9.17, 15) is 4.79 Å². The molecule has 102 valence electrons. The molecule has 0 fully saturated rings. The Morgan fingerprint density at radius 3 is 2.95 bits per heavy atom. The number of ether oxygens (including phenoxy) is 1. The number of aliphatic hydroxyl groups is 1. The predicted molar refractivity (Wildman–Crippen MR) is 71.6 cm³/mol. The molecule has 1 amide bonds. The molecule has 1 aromatic heterocycles. The number of carbonyl (C=O) groups is 1. The minimum Gasteiger partial charge on any atom is -0.384 e. The Morgan fingerprint density at radius 1 is 1.58 bits per heavy atom. The number of methoxy groups -OCH3 is 1. The molecule has 1 rings (SSSR count). The van der Waals surface area contributed by atoms with E-state index in [1.807, 2.05) is 13.8 Å². The molecular formula is C14H18N2O3. The third kappa shape index (κ3) is 4.70. The maximum Gasteiger partial charge on any atom is 0.271 e. The van der Waals surface area contributed by atoms with Crippen LogP contribution in [0.4, 0.5) is 0 Å². The van der Waals surface area contributed by atoms with Crippen LogP contribution in [0.3, 0.4) is 0 Å². The third-order valence-corrected chi connectivity index (χ3v) is 2.55. The van der Waals surface area contributed by atoms with Crippen molar-refractivity contribution in [1.29, 1.82) is 0 Å². The summed E-state index contributed by atoms with van der Waals surface area (Å²) in [5, 5.41) is 11.4. The van der Waals surface area contributed by atoms with Crippen LogP contribution in [0.25, 0.3) is 0 Å². The Balaban J connectivity index is 2.83. The first-order chi connectivity index (χ1) is 9.00. The lowest BCUT2D eigenvalue weighted by Gasteiger charge is -2.23. The minimum absolute atomic E-state index is 0.246. The molecule has 0 aliphatic heterocycles. The summed E-state index contributed by atoms with van der Waals surface area (Å²) in [6.07, 6.45) is 1.53. The third-order valence-electron chi connectivity index (χ3n) is 2.55. The molecule has 0 saturated carbocycles. The second-order valence-corrected chi connectivity index (χ2v) is 4.51. The van der Waals surface area contributed by atoms with Crippen molar-refractivity contribution in [2.45, 2.75) is 19.4 Å². The SMILES string of the molecule is COC(C)(C)CNC(=O)c1ncccc1C#CCO. The van der Waals surface area contributed by atoms with Gasteiger partial charge in [0.25, 0.3) is 5.91 Å². The lowest BCUT2D eigenvalue weighted by Crippen LogP contribution is -2.40. The van der Waals surface area contributed by atoms with Crippen molar-refractivity contribution in [1.82, 2.24) is 10.3 Å². The number of pyridine rings is 1. The van der Waals surface area contributed by atoms with Gasteiger partial charge in [-0.25, -0.2) is 4.98 Å². The van der Waals surface area contributed by atoms with Crippen molar-refractivity contribution in [3.8, 4) is 11.8 Å². The smallest absolute Gasteiger partial charge is 0.271 e. The standard InChI is InChI=1S/C14H18N2O3/c1-14(2,19-3)10-16-13(18)12-11(7-5-9-17)6-4-8-15-12/h4,6,8,17H,9-10H2,1-3H3,(H,16,18). The summed E-state index contributed by atoms with van der Waals surface area (Å²) in [4.78, 5) is 16.1. The summed E-state index contributed by atoms with van der Waals surface area (Å²) < 4.78 is 5.22. The molecule has 19 heavy (non-hydrogen) atoms. The normalized spacial score (nSPS) is 10.5. The number of carbonyl (C=O) groups excluding carboxylic acids is 1. The maximum absolute atomic E-state index is 12.0. The van der Waals surface area contributed by atoms with Crippen molar-refractivity contribution >= 4 is 5.91 Å². The number of aromatic nitrogens is 1. The minimum atomic E-state index is -0.443. The molecule has 0 unspecified atom stereocenters. The number of rotatable bonds is 4. The van der Waals surface area contributed by atoms with Crippen LogP contribution in [-0.4, -0.2) is 41.9 Å². The number of nitrogens with zero attached hydrogens (tertiary/aromatic N) is 1. The molecule has 5 nitrogen and oxygen atoms in total. The Labute approximate surface area is 113 Å². The largest absolute Gasteiger partial charge is 0.384 e. The first-order valence-corrected chi connectivity index (χ1v) is 5.88. The predicted octanol–water partition coefficient (Wildman–Crippen LogP) is 0.580. The van der Waals surface area contributed by atoms with Crippen molar-refractivity contribution in [3.63, 3.8) is 0 Å². The molecule has 0 aromatic carbocycles. The number of hydrogen-bond acceptors (Lipinski definition) is 4. The van der Waals surface area contributed by atoms with Gasteiger partial charge in [-0.2, -0.15) is 0 Å². The van der Waals surface area contributed by atoms with E-state index in [-0.39, 0.29) is 18.2 Å². The monoisotopic (exact) mass is 262 g/mol. The van der Waals surface area contributed by atoms with Gasteiger partial charge in [0.15, 0.2) is 0 Å².